The van der Waals surface area contributed by atoms with Crippen LogP contribution in [0.25, 0.3) is 0 Å². The van der Waals surface area contributed by atoms with Gasteiger partial charge in [-0.1, -0.05) is 26.0 Å². The molecule has 2 aromatic carbocycles. The molecular formula is C23H35N3. The summed E-state index contributed by atoms with van der Waals surface area (Å²) in [6.45, 7) is 13.0. The van der Waals surface area contributed by atoms with Gasteiger partial charge >= 0.3 is 0 Å². The van der Waals surface area contributed by atoms with Gasteiger partial charge in [0, 0.05) is 57.3 Å². The van der Waals surface area contributed by atoms with Gasteiger partial charge in [0.2, 0.25) is 0 Å². The Morgan fingerprint density at radius 2 is 1.15 bits per heavy atom. The molecule has 0 N–H and O–H groups in total. The van der Waals surface area contributed by atoms with Crippen LogP contribution in [-0.4, -0.2) is 40.3 Å². The lowest BCUT2D eigenvalue weighted by Gasteiger charge is -2.28. The molecule has 0 saturated carbocycles. The average Bonchev–Trinajstić information content (AvgIpc) is 2.68. The molecule has 0 heterocycles. The zero-order chi connectivity index (χ0) is 19.1. The molecule has 0 aliphatic carbocycles. The van der Waals surface area contributed by atoms with Gasteiger partial charge in [-0.25, -0.2) is 0 Å². The Bertz CT molecular complexity index is 646. The van der Waals surface area contributed by atoms with E-state index in [1.165, 1.54) is 22.6 Å². The third kappa shape index (κ3) is 5.17. The van der Waals surface area contributed by atoms with E-state index >= 15 is 0 Å². The number of likely N-dealkylation sites (N-methyl/N-ethyl adjacent to an activating group) is 2. The van der Waals surface area contributed by atoms with E-state index in [-0.39, 0.29) is 0 Å². The van der Waals surface area contributed by atoms with Gasteiger partial charge in [-0.3, -0.25) is 0 Å². The highest BCUT2D eigenvalue weighted by molar-refractivity contribution is 5.56. The summed E-state index contributed by atoms with van der Waals surface area (Å²) in [5, 5.41) is 0. The Balaban J connectivity index is 1.96. The predicted molar refractivity (Wildman–Crippen MR) is 117 cm³/mol. The molecule has 0 amide bonds. The van der Waals surface area contributed by atoms with E-state index in [9.17, 15) is 0 Å². The minimum Gasteiger partial charge on any atom is -0.375 e. The van der Waals surface area contributed by atoms with Gasteiger partial charge < -0.3 is 14.7 Å². The fourth-order valence-corrected chi connectivity index (χ4v) is 3.08. The van der Waals surface area contributed by atoms with Gasteiger partial charge in [-0.15, -0.1) is 0 Å². The second-order valence-corrected chi connectivity index (χ2v) is 7.28. The van der Waals surface area contributed by atoms with Crippen molar-refractivity contribution in [2.24, 2.45) is 0 Å². The Kier molecular flexibility index (Phi) is 7.38. The van der Waals surface area contributed by atoms with Crippen molar-refractivity contribution in [3.05, 3.63) is 54.1 Å². The van der Waals surface area contributed by atoms with Crippen LogP contribution >= 0.6 is 0 Å². The van der Waals surface area contributed by atoms with Crippen molar-refractivity contribution in [1.29, 1.82) is 0 Å². The van der Waals surface area contributed by atoms with E-state index in [4.69, 9.17) is 0 Å². The molecule has 2 aromatic rings. The number of hydrogen-bond acceptors (Lipinski definition) is 3. The smallest absolute Gasteiger partial charge is 0.0366 e. The summed E-state index contributed by atoms with van der Waals surface area (Å²) in [7, 11) is 4.30. The van der Waals surface area contributed by atoms with Crippen molar-refractivity contribution in [3.8, 4) is 0 Å². The van der Waals surface area contributed by atoms with Crippen molar-refractivity contribution in [1.82, 2.24) is 0 Å². The highest BCUT2D eigenvalue weighted by atomic mass is 15.2. The van der Waals surface area contributed by atoms with Crippen LogP contribution in [0.4, 0.5) is 17.1 Å². The monoisotopic (exact) mass is 353 g/mol. The summed E-state index contributed by atoms with van der Waals surface area (Å²) < 4.78 is 0. The SMILES string of the molecule is CCN(C)c1ccc(N(C)CCN(CC)c2ccc(C(C)C)cc2)cc1. The van der Waals surface area contributed by atoms with Crippen LogP contribution < -0.4 is 14.7 Å². The Labute approximate surface area is 160 Å². The van der Waals surface area contributed by atoms with Gasteiger partial charge in [0.15, 0.2) is 0 Å². The molecule has 0 aliphatic heterocycles. The van der Waals surface area contributed by atoms with E-state index in [0.29, 0.717) is 5.92 Å². The van der Waals surface area contributed by atoms with E-state index in [2.05, 4.69) is 105 Å². The highest BCUT2D eigenvalue weighted by Crippen LogP contribution is 2.21. The van der Waals surface area contributed by atoms with Crippen molar-refractivity contribution in [3.63, 3.8) is 0 Å². The first-order valence-electron chi connectivity index (χ1n) is 9.83. The van der Waals surface area contributed by atoms with Crippen LogP contribution in [-0.2, 0) is 0 Å². The molecule has 0 bridgehead atoms. The standard InChI is InChI=1S/C23H35N3/c1-7-24(5)21-13-15-22(16-14-21)25(6)17-18-26(8-2)23-11-9-20(10-12-23)19(3)4/h9-16,19H,7-8,17-18H2,1-6H3. The summed E-state index contributed by atoms with van der Waals surface area (Å²) >= 11 is 0. The minimum absolute atomic E-state index is 0.583. The second kappa shape index (κ2) is 9.51. The van der Waals surface area contributed by atoms with E-state index in [0.717, 1.165) is 26.2 Å². The zero-order valence-electron chi connectivity index (χ0n) is 17.4. The maximum atomic E-state index is 2.44. The fraction of sp³-hybridized carbons (Fsp3) is 0.478. The van der Waals surface area contributed by atoms with E-state index in [1.807, 2.05) is 0 Å². The van der Waals surface area contributed by atoms with Crippen molar-refractivity contribution >= 4 is 17.1 Å². The molecule has 3 nitrogen and oxygen atoms in total. The second-order valence-electron chi connectivity index (χ2n) is 7.28. The summed E-state index contributed by atoms with van der Waals surface area (Å²) in [6, 6.07) is 17.9. The highest BCUT2D eigenvalue weighted by Gasteiger charge is 2.08. The van der Waals surface area contributed by atoms with E-state index in [1.54, 1.807) is 0 Å². The largest absolute Gasteiger partial charge is 0.375 e. The van der Waals surface area contributed by atoms with E-state index < -0.39 is 0 Å². The maximum absolute atomic E-state index is 2.44. The molecule has 142 valence electrons. The van der Waals surface area contributed by atoms with Crippen molar-refractivity contribution < 1.29 is 0 Å². The predicted octanol–water partition coefficient (Wildman–Crippen LogP) is 5.23. The minimum atomic E-state index is 0.583. The van der Waals surface area contributed by atoms with Crippen LogP contribution in [0.1, 0.15) is 39.2 Å². The Morgan fingerprint density at radius 3 is 1.62 bits per heavy atom. The molecule has 0 fully saturated rings. The van der Waals surface area contributed by atoms with Crippen LogP contribution in [0.2, 0.25) is 0 Å². The van der Waals surface area contributed by atoms with Crippen LogP contribution in [0.5, 0.6) is 0 Å². The fourth-order valence-electron chi connectivity index (χ4n) is 3.08. The number of rotatable bonds is 9. The molecule has 26 heavy (non-hydrogen) atoms. The molecule has 0 atom stereocenters. The molecule has 0 unspecified atom stereocenters. The normalized spacial score (nSPS) is 10.9. The van der Waals surface area contributed by atoms with Crippen molar-refractivity contribution in [2.45, 2.75) is 33.6 Å². The third-order valence-electron chi connectivity index (χ3n) is 5.22. The lowest BCUT2D eigenvalue weighted by molar-refractivity contribution is 0.784. The first-order valence-corrected chi connectivity index (χ1v) is 9.83. The van der Waals surface area contributed by atoms with Gasteiger partial charge in [0.1, 0.15) is 0 Å². The molecule has 3 heteroatoms. The van der Waals surface area contributed by atoms with Crippen LogP contribution in [0, 0.1) is 0 Å². The molecule has 0 saturated heterocycles. The van der Waals surface area contributed by atoms with Gasteiger partial charge in [0.25, 0.3) is 0 Å². The maximum Gasteiger partial charge on any atom is 0.0366 e. The molecule has 2 rings (SSSR count). The molecule has 0 radical (unpaired) electrons. The van der Waals surface area contributed by atoms with Crippen LogP contribution in [0.3, 0.4) is 0 Å². The van der Waals surface area contributed by atoms with Gasteiger partial charge in [0.05, 0.1) is 0 Å². The summed E-state index contributed by atoms with van der Waals surface area (Å²) in [5.41, 5.74) is 5.25. The Hall–Kier alpha value is -2.16. The first kappa shape index (κ1) is 20.2. The topological polar surface area (TPSA) is 9.72 Å². The first-order chi connectivity index (χ1) is 12.5. The lowest BCUT2D eigenvalue weighted by atomic mass is 10.0. The van der Waals surface area contributed by atoms with Crippen molar-refractivity contribution in [2.75, 3.05) is 55.0 Å². The number of anilines is 3. The molecular weight excluding hydrogens is 318 g/mol. The van der Waals surface area contributed by atoms with Crippen LogP contribution in [0.15, 0.2) is 48.5 Å². The summed E-state index contributed by atoms with van der Waals surface area (Å²) in [6.07, 6.45) is 0. The zero-order valence-corrected chi connectivity index (χ0v) is 17.4. The Morgan fingerprint density at radius 1 is 0.654 bits per heavy atom. The molecule has 0 aliphatic rings. The summed E-state index contributed by atoms with van der Waals surface area (Å²) in [4.78, 5) is 7.03. The third-order valence-corrected chi connectivity index (χ3v) is 5.22. The molecule has 0 aromatic heterocycles. The summed E-state index contributed by atoms with van der Waals surface area (Å²) in [5.74, 6) is 0.583. The number of hydrogen-bond donors (Lipinski definition) is 0. The van der Waals surface area contributed by atoms with Gasteiger partial charge in [-0.2, -0.15) is 0 Å². The average molecular weight is 354 g/mol. The molecule has 0 spiro atoms. The van der Waals surface area contributed by atoms with Gasteiger partial charge in [-0.05, 0) is 61.7 Å². The quantitative estimate of drug-likeness (QED) is 0.611. The lowest BCUT2D eigenvalue weighted by Crippen LogP contribution is -2.33. The number of nitrogens with zero attached hydrogens (tertiary/aromatic N) is 3. The number of benzene rings is 2.